The van der Waals surface area contributed by atoms with E-state index in [1.807, 2.05) is 24.3 Å². The number of anilines is 1. The van der Waals surface area contributed by atoms with Crippen LogP contribution in [0.2, 0.25) is 0 Å². The number of carbonyl (C=O) groups excluding carboxylic acids is 1. The topological polar surface area (TPSA) is 55.3 Å². The second-order valence-corrected chi connectivity index (χ2v) is 4.69. The van der Waals surface area contributed by atoms with E-state index in [4.69, 9.17) is 4.74 Å². The van der Waals surface area contributed by atoms with Crippen LogP contribution in [-0.2, 0) is 17.9 Å². The van der Waals surface area contributed by atoms with Crippen LogP contribution in [0.5, 0.6) is 5.75 Å². The average Bonchev–Trinajstić information content (AvgIpc) is 2.99. The van der Waals surface area contributed by atoms with E-state index < -0.39 is 0 Å². The summed E-state index contributed by atoms with van der Waals surface area (Å²) in [7, 11) is 1.59. The molecule has 5 heteroatoms. The van der Waals surface area contributed by atoms with Gasteiger partial charge in [0, 0.05) is 44.3 Å². The number of hydrogen-bond donors (Lipinski definition) is 2. The molecule has 0 aliphatic rings. The van der Waals surface area contributed by atoms with Crippen molar-refractivity contribution in [1.82, 2.24) is 9.88 Å². The van der Waals surface area contributed by atoms with Gasteiger partial charge in [0.15, 0.2) is 6.61 Å². The van der Waals surface area contributed by atoms with Gasteiger partial charge in [0.1, 0.15) is 5.75 Å². The Labute approximate surface area is 124 Å². The van der Waals surface area contributed by atoms with E-state index in [0.29, 0.717) is 5.75 Å². The molecule has 1 aromatic carbocycles. The molecule has 0 aliphatic heterocycles. The number of nitrogens with one attached hydrogen (secondary N) is 2. The molecule has 0 unspecified atom stereocenters. The first-order valence-electron chi connectivity index (χ1n) is 7.03. The quantitative estimate of drug-likeness (QED) is 0.821. The third-order valence-electron chi connectivity index (χ3n) is 3.16. The summed E-state index contributed by atoms with van der Waals surface area (Å²) in [5.41, 5.74) is 2.20. The standard InChI is InChI=1S/C16H21N3O2/c1-3-19-8-7-13(11-19)10-18-14-5-4-6-15(9-14)21-12-16(20)17-2/h4-9,11,18H,3,10,12H2,1-2H3,(H,17,20). The smallest absolute Gasteiger partial charge is 0.257 e. The number of hydrogen-bond acceptors (Lipinski definition) is 3. The predicted octanol–water partition coefficient (Wildman–Crippen LogP) is 2.24. The number of benzene rings is 1. The van der Waals surface area contributed by atoms with Crippen LogP contribution >= 0.6 is 0 Å². The average molecular weight is 287 g/mol. The summed E-state index contributed by atoms with van der Waals surface area (Å²) in [6, 6.07) is 9.70. The van der Waals surface area contributed by atoms with E-state index in [0.717, 1.165) is 18.8 Å². The Bertz CT molecular complexity index is 593. The third kappa shape index (κ3) is 4.56. The summed E-state index contributed by atoms with van der Waals surface area (Å²) in [4.78, 5) is 11.2. The highest BCUT2D eigenvalue weighted by Gasteiger charge is 2.01. The van der Waals surface area contributed by atoms with E-state index in [1.54, 1.807) is 7.05 Å². The Morgan fingerprint density at radius 1 is 1.33 bits per heavy atom. The fourth-order valence-corrected chi connectivity index (χ4v) is 1.91. The Morgan fingerprint density at radius 3 is 2.90 bits per heavy atom. The Morgan fingerprint density at radius 2 is 2.19 bits per heavy atom. The van der Waals surface area contributed by atoms with Crippen molar-refractivity contribution in [2.24, 2.45) is 0 Å². The minimum Gasteiger partial charge on any atom is -0.484 e. The van der Waals surface area contributed by atoms with Crippen LogP contribution in [0.3, 0.4) is 0 Å². The zero-order valence-corrected chi connectivity index (χ0v) is 12.4. The highest BCUT2D eigenvalue weighted by molar-refractivity contribution is 5.77. The van der Waals surface area contributed by atoms with Crippen molar-refractivity contribution in [1.29, 1.82) is 0 Å². The first kappa shape index (κ1) is 15.0. The molecule has 1 amide bonds. The van der Waals surface area contributed by atoms with E-state index in [9.17, 15) is 4.79 Å². The Balaban J connectivity index is 1.89. The molecule has 0 fully saturated rings. The van der Waals surface area contributed by atoms with Crippen LogP contribution in [0.25, 0.3) is 0 Å². The highest BCUT2D eigenvalue weighted by Crippen LogP contribution is 2.18. The number of nitrogens with zero attached hydrogens (tertiary/aromatic N) is 1. The monoisotopic (exact) mass is 287 g/mol. The molecule has 0 radical (unpaired) electrons. The van der Waals surface area contributed by atoms with Gasteiger partial charge in [0.25, 0.3) is 5.91 Å². The number of aromatic nitrogens is 1. The lowest BCUT2D eigenvalue weighted by Gasteiger charge is -2.09. The second-order valence-electron chi connectivity index (χ2n) is 4.69. The summed E-state index contributed by atoms with van der Waals surface area (Å²) >= 11 is 0. The number of rotatable bonds is 7. The van der Waals surface area contributed by atoms with Crippen LogP contribution in [0, 0.1) is 0 Å². The molecule has 0 spiro atoms. The maximum Gasteiger partial charge on any atom is 0.257 e. The van der Waals surface area contributed by atoms with Crippen LogP contribution in [-0.4, -0.2) is 24.1 Å². The molecule has 112 valence electrons. The van der Waals surface area contributed by atoms with Gasteiger partial charge in [-0.05, 0) is 30.7 Å². The Hall–Kier alpha value is -2.43. The van der Waals surface area contributed by atoms with E-state index >= 15 is 0 Å². The van der Waals surface area contributed by atoms with Crippen LogP contribution in [0.1, 0.15) is 12.5 Å². The lowest BCUT2D eigenvalue weighted by Crippen LogP contribution is -2.24. The summed E-state index contributed by atoms with van der Waals surface area (Å²) < 4.78 is 7.56. The molecular weight excluding hydrogens is 266 g/mol. The van der Waals surface area contributed by atoms with Crippen molar-refractivity contribution >= 4 is 11.6 Å². The van der Waals surface area contributed by atoms with Crippen LogP contribution < -0.4 is 15.4 Å². The molecule has 5 nitrogen and oxygen atoms in total. The number of ether oxygens (including phenoxy) is 1. The first-order chi connectivity index (χ1) is 10.2. The van der Waals surface area contributed by atoms with Crippen LogP contribution in [0.15, 0.2) is 42.7 Å². The van der Waals surface area contributed by atoms with Crippen LogP contribution in [0.4, 0.5) is 5.69 Å². The SMILES string of the molecule is CCn1ccc(CNc2cccc(OCC(=O)NC)c2)c1. The molecule has 1 aromatic heterocycles. The highest BCUT2D eigenvalue weighted by atomic mass is 16.5. The van der Waals surface area contributed by atoms with Gasteiger partial charge in [-0.25, -0.2) is 0 Å². The molecular formula is C16H21N3O2. The number of aryl methyl sites for hydroxylation is 1. The van der Waals surface area contributed by atoms with Gasteiger partial charge in [-0.3, -0.25) is 4.79 Å². The van der Waals surface area contributed by atoms with Crippen molar-refractivity contribution in [2.75, 3.05) is 19.0 Å². The zero-order valence-electron chi connectivity index (χ0n) is 12.4. The lowest BCUT2D eigenvalue weighted by atomic mass is 10.2. The molecule has 1 heterocycles. The minimum absolute atomic E-state index is 0.0271. The number of likely N-dealkylation sites (N-methyl/N-ethyl adjacent to an activating group) is 1. The van der Waals surface area contributed by atoms with E-state index in [1.165, 1.54) is 5.56 Å². The fraction of sp³-hybridized carbons (Fsp3) is 0.312. The molecule has 0 aliphatic carbocycles. The van der Waals surface area contributed by atoms with Gasteiger partial charge in [0.2, 0.25) is 0 Å². The third-order valence-corrected chi connectivity index (χ3v) is 3.16. The van der Waals surface area contributed by atoms with Crippen molar-refractivity contribution in [3.8, 4) is 5.75 Å². The van der Waals surface area contributed by atoms with Gasteiger partial charge in [0.05, 0.1) is 0 Å². The summed E-state index contributed by atoms with van der Waals surface area (Å²) in [6.45, 7) is 3.87. The maximum absolute atomic E-state index is 11.2. The molecule has 0 saturated heterocycles. The molecule has 0 saturated carbocycles. The number of amides is 1. The molecule has 0 atom stereocenters. The second kappa shape index (κ2) is 7.38. The molecule has 2 aromatic rings. The van der Waals surface area contributed by atoms with Gasteiger partial charge in [-0.15, -0.1) is 0 Å². The van der Waals surface area contributed by atoms with Gasteiger partial charge in [-0.2, -0.15) is 0 Å². The van der Waals surface area contributed by atoms with E-state index in [2.05, 4.69) is 40.6 Å². The van der Waals surface area contributed by atoms with Gasteiger partial charge in [-0.1, -0.05) is 6.07 Å². The molecule has 0 bridgehead atoms. The first-order valence-corrected chi connectivity index (χ1v) is 7.03. The Kier molecular flexibility index (Phi) is 5.26. The molecule has 2 N–H and O–H groups in total. The van der Waals surface area contributed by atoms with Crippen molar-refractivity contribution in [2.45, 2.75) is 20.0 Å². The van der Waals surface area contributed by atoms with Crippen molar-refractivity contribution < 1.29 is 9.53 Å². The maximum atomic E-state index is 11.2. The molecule has 2 rings (SSSR count). The summed E-state index contributed by atoms with van der Waals surface area (Å²) in [6.07, 6.45) is 4.19. The zero-order chi connectivity index (χ0) is 15.1. The minimum atomic E-state index is -0.144. The van der Waals surface area contributed by atoms with Crippen molar-refractivity contribution in [3.63, 3.8) is 0 Å². The number of carbonyl (C=O) groups is 1. The van der Waals surface area contributed by atoms with Crippen molar-refractivity contribution in [3.05, 3.63) is 48.3 Å². The lowest BCUT2D eigenvalue weighted by molar-refractivity contribution is -0.122. The van der Waals surface area contributed by atoms with E-state index in [-0.39, 0.29) is 12.5 Å². The fourth-order valence-electron chi connectivity index (χ4n) is 1.91. The predicted molar refractivity (Wildman–Crippen MR) is 83.4 cm³/mol. The summed E-state index contributed by atoms with van der Waals surface area (Å²) in [5.74, 6) is 0.531. The largest absolute Gasteiger partial charge is 0.484 e. The van der Waals surface area contributed by atoms with Gasteiger partial charge < -0.3 is 19.9 Å². The molecule has 21 heavy (non-hydrogen) atoms. The van der Waals surface area contributed by atoms with Gasteiger partial charge >= 0.3 is 0 Å². The summed E-state index contributed by atoms with van der Waals surface area (Å²) in [5, 5.41) is 5.87. The normalized spacial score (nSPS) is 10.2.